The van der Waals surface area contributed by atoms with Gasteiger partial charge < -0.3 is 10.5 Å². The van der Waals surface area contributed by atoms with Crippen LogP contribution in [0.2, 0.25) is 0 Å². The SMILES string of the molecule is NC[C@H]1Cc2cc(F)cc(-c3c(F)cccc3F)c2O1. The third-order valence-electron chi connectivity index (χ3n) is 3.36. The first-order valence-corrected chi connectivity index (χ1v) is 6.23. The smallest absolute Gasteiger partial charge is 0.134 e. The van der Waals surface area contributed by atoms with Crippen LogP contribution in [0.15, 0.2) is 30.3 Å². The van der Waals surface area contributed by atoms with Crippen molar-refractivity contribution < 1.29 is 17.9 Å². The minimum Gasteiger partial charge on any atom is -0.488 e. The van der Waals surface area contributed by atoms with Crippen LogP contribution in [0.5, 0.6) is 5.75 Å². The molecule has 20 heavy (non-hydrogen) atoms. The lowest BCUT2D eigenvalue weighted by Crippen LogP contribution is -2.24. The molecule has 104 valence electrons. The maximum atomic E-state index is 13.9. The predicted octanol–water partition coefficient (Wildman–Crippen LogP) is 3.03. The molecule has 1 aliphatic heterocycles. The van der Waals surface area contributed by atoms with Crippen LogP contribution in [0.4, 0.5) is 13.2 Å². The molecule has 0 spiro atoms. The molecule has 2 nitrogen and oxygen atoms in total. The summed E-state index contributed by atoms with van der Waals surface area (Å²) in [5.41, 5.74) is 5.93. The van der Waals surface area contributed by atoms with Gasteiger partial charge in [0.25, 0.3) is 0 Å². The Labute approximate surface area is 114 Å². The van der Waals surface area contributed by atoms with Crippen molar-refractivity contribution in [1.82, 2.24) is 0 Å². The summed E-state index contributed by atoms with van der Waals surface area (Å²) < 4.78 is 47.0. The lowest BCUT2D eigenvalue weighted by Gasteiger charge is -2.12. The molecule has 0 fully saturated rings. The van der Waals surface area contributed by atoms with Crippen LogP contribution < -0.4 is 10.5 Å². The second kappa shape index (κ2) is 4.83. The maximum Gasteiger partial charge on any atom is 0.134 e. The van der Waals surface area contributed by atoms with Crippen molar-refractivity contribution in [2.75, 3.05) is 6.54 Å². The van der Waals surface area contributed by atoms with Crippen LogP contribution in [0.25, 0.3) is 11.1 Å². The first-order chi connectivity index (χ1) is 9.60. The highest BCUT2D eigenvalue weighted by Crippen LogP contribution is 2.41. The van der Waals surface area contributed by atoms with E-state index < -0.39 is 17.5 Å². The second-order valence-corrected chi connectivity index (χ2v) is 4.72. The zero-order chi connectivity index (χ0) is 14.3. The number of hydrogen-bond acceptors (Lipinski definition) is 2. The molecule has 3 rings (SSSR count). The van der Waals surface area contributed by atoms with Crippen molar-refractivity contribution in [3.63, 3.8) is 0 Å². The molecule has 2 aromatic carbocycles. The summed E-state index contributed by atoms with van der Waals surface area (Å²) in [6.45, 7) is 0.259. The van der Waals surface area contributed by atoms with Gasteiger partial charge in [0.05, 0.1) is 5.56 Å². The normalized spacial score (nSPS) is 16.9. The molecular weight excluding hydrogens is 267 g/mol. The van der Waals surface area contributed by atoms with Crippen LogP contribution >= 0.6 is 0 Å². The van der Waals surface area contributed by atoms with Crippen molar-refractivity contribution >= 4 is 0 Å². The Morgan fingerprint density at radius 1 is 1.15 bits per heavy atom. The third-order valence-corrected chi connectivity index (χ3v) is 3.36. The molecule has 1 heterocycles. The molecule has 1 atom stereocenters. The molecule has 1 aliphatic rings. The quantitative estimate of drug-likeness (QED) is 0.917. The molecule has 0 unspecified atom stereocenters. The summed E-state index contributed by atoms with van der Waals surface area (Å²) in [5, 5.41) is 0. The van der Waals surface area contributed by atoms with E-state index in [-0.39, 0.29) is 23.8 Å². The number of nitrogens with two attached hydrogens (primary N) is 1. The van der Waals surface area contributed by atoms with Gasteiger partial charge in [-0.05, 0) is 24.3 Å². The van der Waals surface area contributed by atoms with Crippen molar-refractivity contribution in [3.8, 4) is 16.9 Å². The zero-order valence-corrected chi connectivity index (χ0v) is 10.5. The van der Waals surface area contributed by atoms with Gasteiger partial charge >= 0.3 is 0 Å². The molecule has 0 saturated heterocycles. The monoisotopic (exact) mass is 279 g/mol. The van der Waals surface area contributed by atoms with E-state index in [4.69, 9.17) is 10.5 Å². The van der Waals surface area contributed by atoms with Crippen molar-refractivity contribution in [1.29, 1.82) is 0 Å². The molecular formula is C15H12F3NO. The summed E-state index contributed by atoms with van der Waals surface area (Å²) >= 11 is 0. The number of rotatable bonds is 2. The molecule has 2 N–H and O–H groups in total. The van der Waals surface area contributed by atoms with E-state index in [1.807, 2.05) is 0 Å². The van der Waals surface area contributed by atoms with E-state index in [1.165, 1.54) is 12.1 Å². The van der Waals surface area contributed by atoms with Gasteiger partial charge in [-0.1, -0.05) is 6.07 Å². The van der Waals surface area contributed by atoms with E-state index in [2.05, 4.69) is 0 Å². The Morgan fingerprint density at radius 2 is 1.85 bits per heavy atom. The fourth-order valence-corrected chi connectivity index (χ4v) is 2.47. The van der Waals surface area contributed by atoms with E-state index in [9.17, 15) is 13.2 Å². The summed E-state index contributed by atoms with van der Waals surface area (Å²) in [5.74, 6) is -1.75. The Balaban J connectivity index is 2.21. The zero-order valence-electron chi connectivity index (χ0n) is 10.5. The van der Waals surface area contributed by atoms with Crippen molar-refractivity contribution in [2.45, 2.75) is 12.5 Å². The summed E-state index contributed by atoms with van der Waals surface area (Å²) in [7, 11) is 0. The summed E-state index contributed by atoms with van der Waals surface area (Å²) in [4.78, 5) is 0. The first-order valence-electron chi connectivity index (χ1n) is 6.23. The van der Waals surface area contributed by atoms with Crippen LogP contribution in [0.1, 0.15) is 5.56 Å². The average Bonchev–Trinajstić information content (AvgIpc) is 2.81. The van der Waals surface area contributed by atoms with Crippen molar-refractivity contribution in [3.05, 3.63) is 53.3 Å². The minimum absolute atomic E-state index is 0.0894. The third kappa shape index (κ3) is 2.04. The second-order valence-electron chi connectivity index (χ2n) is 4.72. The van der Waals surface area contributed by atoms with Crippen LogP contribution in [0.3, 0.4) is 0 Å². The largest absolute Gasteiger partial charge is 0.488 e. The predicted molar refractivity (Wildman–Crippen MR) is 68.9 cm³/mol. The van der Waals surface area contributed by atoms with Crippen LogP contribution in [-0.2, 0) is 6.42 Å². The first kappa shape index (κ1) is 13.0. The van der Waals surface area contributed by atoms with E-state index in [0.29, 0.717) is 17.7 Å². The molecule has 0 bridgehead atoms. The van der Waals surface area contributed by atoms with Gasteiger partial charge in [0.15, 0.2) is 0 Å². The van der Waals surface area contributed by atoms with E-state index in [1.54, 1.807) is 0 Å². The molecule has 0 saturated carbocycles. The minimum atomic E-state index is -0.752. The number of hydrogen-bond donors (Lipinski definition) is 1. The van der Waals surface area contributed by atoms with Crippen molar-refractivity contribution in [2.24, 2.45) is 5.73 Å². The molecule has 0 radical (unpaired) electrons. The van der Waals surface area contributed by atoms with Crippen LogP contribution in [-0.4, -0.2) is 12.6 Å². The van der Waals surface area contributed by atoms with E-state index >= 15 is 0 Å². The van der Waals surface area contributed by atoms with E-state index in [0.717, 1.165) is 18.2 Å². The van der Waals surface area contributed by atoms with Crippen LogP contribution in [0, 0.1) is 17.5 Å². The highest BCUT2D eigenvalue weighted by atomic mass is 19.1. The van der Waals surface area contributed by atoms with Gasteiger partial charge in [-0.3, -0.25) is 0 Å². The van der Waals surface area contributed by atoms with Gasteiger partial charge in [0.2, 0.25) is 0 Å². The molecule has 0 amide bonds. The molecule has 0 aromatic heterocycles. The Bertz CT molecular complexity index is 652. The van der Waals surface area contributed by atoms with Gasteiger partial charge in [0, 0.05) is 24.1 Å². The fourth-order valence-electron chi connectivity index (χ4n) is 2.47. The summed E-state index contributed by atoms with van der Waals surface area (Å²) in [6, 6.07) is 5.92. The Kier molecular flexibility index (Phi) is 3.14. The van der Waals surface area contributed by atoms with Gasteiger partial charge in [-0.25, -0.2) is 13.2 Å². The number of ether oxygens (including phenoxy) is 1. The maximum absolute atomic E-state index is 13.9. The molecule has 2 aromatic rings. The summed E-state index contributed by atoms with van der Waals surface area (Å²) in [6.07, 6.45) is 0.146. The lowest BCUT2D eigenvalue weighted by molar-refractivity contribution is 0.242. The highest BCUT2D eigenvalue weighted by Gasteiger charge is 2.28. The topological polar surface area (TPSA) is 35.2 Å². The number of halogens is 3. The lowest BCUT2D eigenvalue weighted by atomic mass is 9.99. The van der Waals surface area contributed by atoms with Gasteiger partial charge in [0.1, 0.15) is 29.3 Å². The number of benzene rings is 2. The molecule has 5 heteroatoms. The van der Waals surface area contributed by atoms with Gasteiger partial charge in [-0.2, -0.15) is 0 Å². The highest BCUT2D eigenvalue weighted by molar-refractivity contribution is 5.74. The molecule has 0 aliphatic carbocycles. The number of fused-ring (bicyclic) bond motifs is 1. The average molecular weight is 279 g/mol. The Morgan fingerprint density at radius 3 is 2.50 bits per heavy atom. The Hall–Kier alpha value is -2.01. The standard InChI is InChI=1S/C15H12F3NO/c16-9-4-8-5-10(7-19)20-15(8)11(6-9)14-12(17)2-1-3-13(14)18/h1-4,6,10H,5,7,19H2/t10-/m1/s1. The van der Waals surface area contributed by atoms with Gasteiger partial charge in [-0.15, -0.1) is 0 Å². The fraction of sp³-hybridized carbons (Fsp3) is 0.200.